The predicted octanol–water partition coefficient (Wildman–Crippen LogP) is 0.619. The molecule has 7 heteroatoms. The normalized spacial score (nSPS) is 29.8. The van der Waals surface area contributed by atoms with Crippen molar-refractivity contribution in [3.63, 3.8) is 0 Å². The van der Waals surface area contributed by atoms with Crippen molar-refractivity contribution in [2.45, 2.75) is 22.8 Å². The lowest BCUT2D eigenvalue weighted by Gasteiger charge is -2.40. The van der Waals surface area contributed by atoms with Crippen molar-refractivity contribution in [3.05, 3.63) is 11.9 Å². The van der Waals surface area contributed by atoms with Gasteiger partial charge in [0.15, 0.2) is 0 Å². The molecule has 1 fully saturated rings. The number of aromatic nitrogens is 2. The van der Waals surface area contributed by atoms with Crippen LogP contribution in [0.25, 0.3) is 0 Å². The third-order valence-corrected chi connectivity index (χ3v) is 4.81. The van der Waals surface area contributed by atoms with Crippen LogP contribution in [0.15, 0.2) is 6.33 Å². The molecule has 1 unspecified atom stereocenters. The number of rotatable bonds is 2. The van der Waals surface area contributed by atoms with Gasteiger partial charge >= 0.3 is 0 Å². The van der Waals surface area contributed by atoms with Crippen LogP contribution < -0.4 is 16.4 Å². The Hall–Kier alpha value is -1.12. The summed E-state index contributed by atoms with van der Waals surface area (Å²) in [5.41, 5.74) is 12.2. The van der Waals surface area contributed by atoms with E-state index in [0.29, 0.717) is 15.8 Å². The minimum absolute atomic E-state index is 0.0193. The highest BCUT2D eigenvalue weighted by atomic mass is 127. The average Bonchev–Trinajstić information content (AvgIpc) is 2.55. The first-order chi connectivity index (χ1) is 8.58. The van der Waals surface area contributed by atoms with Gasteiger partial charge in [-0.25, -0.2) is 9.97 Å². The van der Waals surface area contributed by atoms with Crippen LogP contribution in [-0.2, 0) is 4.79 Å². The van der Waals surface area contributed by atoms with Gasteiger partial charge in [0.1, 0.15) is 18.0 Å². The molecule has 0 aromatic carbocycles. The zero-order chi connectivity index (χ0) is 12.9. The summed E-state index contributed by atoms with van der Waals surface area (Å²) in [4.78, 5) is 21.7. The van der Waals surface area contributed by atoms with Crippen molar-refractivity contribution in [3.8, 4) is 0 Å². The van der Waals surface area contributed by atoms with Gasteiger partial charge in [0.05, 0.1) is 9.49 Å². The number of hydrogen-bond donors (Lipinski definition) is 2. The molecule has 4 N–H and O–H groups in total. The number of nitrogens with zero attached hydrogens (tertiary/aromatic N) is 3. The predicted molar refractivity (Wildman–Crippen MR) is 76.3 cm³/mol. The molecule has 3 rings (SSSR count). The molecule has 1 aliphatic heterocycles. The molecule has 0 spiro atoms. The lowest BCUT2D eigenvalue weighted by molar-refractivity contribution is -0.124. The smallest absolute Gasteiger partial charge is 0.220 e. The molecule has 2 heterocycles. The number of anilines is 2. The number of primary amides is 1. The summed E-state index contributed by atoms with van der Waals surface area (Å²) >= 11 is 2.36. The van der Waals surface area contributed by atoms with E-state index in [9.17, 15) is 4.79 Å². The summed E-state index contributed by atoms with van der Waals surface area (Å²) in [6.07, 6.45) is 3.14. The molecule has 0 radical (unpaired) electrons. The minimum atomic E-state index is -0.195. The molecule has 1 aromatic rings. The van der Waals surface area contributed by atoms with Gasteiger partial charge in [0.2, 0.25) is 5.91 Å². The third kappa shape index (κ3) is 1.72. The number of carbonyl (C=O) groups is 1. The fourth-order valence-corrected chi connectivity index (χ4v) is 3.70. The zero-order valence-electron chi connectivity index (χ0n) is 9.71. The maximum atomic E-state index is 11.1. The van der Waals surface area contributed by atoms with Crippen LogP contribution in [0.2, 0.25) is 0 Å². The Kier molecular flexibility index (Phi) is 2.80. The van der Waals surface area contributed by atoms with Crippen molar-refractivity contribution in [2.75, 3.05) is 17.2 Å². The van der Waals surface area contributed by atoms with Crippen LogP contribution in [-0.4, -0.2) is 28.5 Å². The van der Waals surface area contributed by atoms with E-state index >= 15 is 0 Å². The molecule has 1 atom stereocenters. The van der Waals surface area contributed by atoms with Crippen LogP contribution in [0, 0.1) is 5.92 Å². The van der Waals surface area contributed by atoms with Crippen LogP contribution >= 0.6 is 22.6 Å². The molecule has 1 saturated carbocycles. The van der Waals surface area contributed by atoms with Crippen LogP contribution in [0.1, 0.15) is 22.3 Å². The van der Waals surface area contributed by atoms with E-state index < -0.39 is 0 Å². The second-order valence-electron chi connectivity index (χ2n) is 4.84. The monoisotopic (exact) mass is 359 g/mol. The van der Waals surface area contributed by atoms with Gasteiger partial charge in [0, 0.05) is 18.5 Å². The van der Waals surface area contributed by atoms with E-state index in [-0.39, 0.29) is 11.8 Å². The Bertz CT molecular complexity index is 502. The van der Waals surface area contributed by atoms with Crippen molar-refractivity contribution >= 4 is 40.1 Å². The Morgan fingerprint density at radius 3 is 2.83 bits per heavy atom. The highest BCUT2D eigenvalue weighted by Gasteiger charge is 2.42. The highest BCUT2D eigenvalue weighted by Crippen LogP contribution is 2.45. The van der Waals surface area contributed by atoms with E-state index in [1.54, 1.807) is 0 Å². The first kappa shape index (κ1) is 11.9. The summed E-state index contributed by atoms with van der Waals surface area (Å²) in [6, 6.07) is 0.357. The molecule has 0 saturated heterocycles. The maximum absolute atomic E-state index is 11.1. The first-order valence-corrected chi connectivity index (χ1v) is 7.13. The van der Waals surface area contributed by atoms with Gasteiger partial charge in [-0.2, -0.15) is 0 Å². The standard InChI is InChI=1S/C11H14IN5O/c12-7-3-17(6-1-5(2-6)10(14)18)11-8(7)9(13)15-4-16-11/h4-7H,1-3H2,(H2,14,18)(H2,13,15,16)/t5-,6+,7?. The Labute approximate surface area is 118 Å². The SMILES string of the molecule is Nc1ncnc2c1C(I)CN2[C@H]1C[C@@H](C(N)=O)C1. The van der Waals surface area contributed by atoms with Crippen LogP contribution in [0.4, 0.5) is 11.6 Å². The fraction of sp³-hybridized carbons (Fsp3) is 0.545. The lowest BCUT2D eigenvalue weighted by Crippen LogP contribution is -2.48. The highest BCUT2D eigenvalue weighted by molar-refractivity contribution is 14.1. The van der Waals surface area contributed by atoms with Gasteiger partial charge in [-0.1, -0.05) is 22.6 Å². The number of fused-ring (bicyclic) bond motifs is 1. The number of alkyl halides is 1. The average molecular weight is 359 g/mol. The maximum Gasteiger partial charge on any atom is 0.220 e. The summed E-state index contributed by atoms with van der Waals surface area (Å²) in [7, 11) is 0. The second-order valence-corrected chi connectivity index (χ2v) is 6.34. The van der Waals surface area contributed by atoms with Crippen LogP contribution in [0.3, 0.4) is 0 Å². The fourth-order valence-electron chi connectivity index (χ4n) is 2.68. The number of carbonyl (C=O) groups excluding carboxylic acids is 1. The molecule has 0 bridgehead atoms. The van der Waals surface area contributed by atoms with E-state index in [0.717, 1.165) is 30.8 Å². The van der Waals surface area contributed by atoms with Crippen molar-refractivity contribution < 1.29 is 4.79 Å². The molecule has 1 aliphatic carbocycles. The first-order valence-electron chi connectivity index (χ1n) is 5.88. The van der Waals surface area contributed by atoms with Crippen molar-refractivity contribution in [1.82, 2.24) is 9.97 Å². The summed E-state index contributed by atoms with van der Waals surface area (Å²) < 4.78 is 0.312. The molecular weight excluding hydrogens is 345 g/mol. The minimum Gasteiger partial charge on any atom is -0.383 e. The van der Waals surface area contributed by atoms with Crippen molar-refractivity contribution in [1.29, 1.82) is 0 Å². The van der Waals surface area contributed by atoms with Gasteiger partial charge in [0.25, 0.3) is 0 Å². The second kappa shape index (κ2) is 4.22. The van der Waals surface area contributed by atoms with Gasteiger partial charge in [-0.15, -0.1) is 0 Å². The summed E-state index contributed by atoms with van der Waals surface area (Å²) in [6.45, 7) is 0.884. The van der Waals surface area contributed by atoms with E-state index in [1.165, 1.54) is 6.33 Å². The zero-order valence-corrected chi connectivity index (χ0v) is 11.9. The number of hydrogen-bond acceptors (Lipinski definition) is 5. The van der Waals surface area contributed by atoms with E-state index in [2.05, 4.69) is 37.5 Å². The summed E-state index contributed by atoms with van der Waals surface area (Å²) in [5, 5.41) is 0. The Balaban J connectivity index is 1.82. The van der Waals surface area contributed by atoms with Gasteiger partial charge in [-0.05, 0) is 12.8 Å². The Morgan fingerprint density at radius 1 is 1.44 bits per heavy atom. The van der Waals surface area contributed by atoms with Gasteiger partial charge < -0.3 is 16.4 Å². The molecular formula is C11H14IN5O. The lowest BCUT2D eigenvalue weighted by atomic mass is 9.79. The number of nitrogen functional groups attached to an aromatic ring is 1. The molecule has 18 heavy (non-hydrogen) atoms. The number of nitrogens with two attached hydrogens (primary N) is 2. The number of amides is 1. The molecule has 1 aromatic heterocycles. The van der Waals surface area contributed by atoms with Crippen molar-refractivity contribution in [2.24, 2.45) is 11.7 Å². The molecule has 1 amide bonds. The molecule has 2 aliphatic rings. The quantitative estimate of drug-likeness (QED) is 0.596. The third-order valence-electron chi connectivity index (χ3n) is 3.79. The van der Waals surface area contributed by atoms with Gasteiger partial charge in [-0.3, -0.25) is 4.79 Å². The molecule has 6 nitrogen and oxygen atoms in total. The van der Waals surface area contributed by atoms with Crippen LogP contribution in [0.5, 0.6) is 0 Å². The van der Waals surface area contributed by atoms with E-state index in [4.69, 9.17) is 11.5 Å². The summed E-state index contributed by atoms with van der Waals surface area (Å²) in [5.74, 6) is 1.31. The van der Waals surface area contributed by atoms with E-state index in [1.807, 2.05) is 0 Å². The number of halogens is 1. The molecule has 96 valence electrons. The Morgan fingerprint density at radius 2 is 2.17 bits per heavy atom. The topological polar surface area (TPSA) is 98.1 Å². The largest absolute Gasteiger partial charge is 0.383 e.